The molecule has 0 spiro atoms. The summed E-state index contributed by atoms with van der Waals surface area (Å²) in [7, 11) is 1.57. The number of methoxy groups -OCH3 is 1. The van der Waals surface area contributed by atoms with E-state index in [0.29, 0.717) is 17.2 Å². The van der Waals surface area contributed by atoms with Gasteiger partial charge in [-0.15, -0.1) is 0 Å². The van der Waals surface area contributed by atoms with Gasteiger partial charge in [0.25, 0.3) is 0 Å². The van der Waals surface area contributed by atoms with Crippen LogP contribution in [0.4, 0.5) is 0 Å². The molecule has 3 heteroatoms. The van der Waals surface area contributed by atoms with Gasteiger partial charge >= 0.3 is 0 Å². The molecule has 0 aliphatic heterocycles. The fourth-order valence-electron chi connectivity index (χ4n) is 2.21. The molecule has 0 heterocycles. The molecule has 2 aromatic rings. The van der Waals surface area contributed by atoms with Crippen molar-refractivity contribution in [2.24, 2.45) is 0 Å². The summed E-state index contributed by atoms with van der Waals surface area (Å²) in [5.41, 5.74) is 0.614. The number of hydrogen-bond acceptors (Lipinski definition) is 2. The second-order valence-corrected chi connectivity index (χ2v) is 4.84. The highest BCUT2D eigenvalue weighted by molar-refractivity contribution is 6.32. The molecule has 0 radical (unpaired) electrons. The van der Waals surface area contributed by atoms with Crippen molar-refractivity contribution < 1.29 is 9.84 Å². The van der Waals surface area contributed by atoms with E-state index in [1.807, 2.05) is 43.3 Å². The topological polar surface area (TPSA) is 29.5 Å². The third-order valence-electron chi connectivity index (χ3n) is 3.39. The van der Waals surface area contributed by atoms with E-state index in [1.165, 1.54) is 0 Å². The maximum atomic E-state index is 11.0. The van der Waals surface area contributed by atoms with Gasteiger partial charge in [-0.3, -0.25) is 0 Å². The zero-order chi connectivity index (χ0) is 13.9. The molecule has 0 aromatic heterocycles. The van der Waals surface area contributed by atoms with E-state index < -0.39 is 5.60 Å². The summed E-state index contributed by atoms with van der Waals surface area (Å²) in [4.78, 5) is 0. The lowest BCUT2D eigenvalue weighted by atomic mass is 9.84. The molecule has 2 nitrogen and oxygen atoms in total. The first-order valence-corrected chi connectivity index (χ1v) is 6.61. The Morgan fingerprint density at radius 1 is 1.11 bits per heavy atom. The molecule has 0 aliphatic carbocycles. The zero-order valence-corrected chi connectivity index (χ0v) is 11.8. The molecular weight excluding hydrogens is 260 g/mol. The number of rotatable bonds is 4. The van der Waals surface area contributed by atoms with Gasteiger partial charge in [-0.25, -0.2) is 0 Å². The van der Waals surface area contributed by atoms with Crippen molar-refractivity contribution in [3.8, 4) is 5.75 Å². The minimum absolute atomic E-state index is 0.540. The van der Waals surface area contributed by atoms with Crippen molar-refractivity contribution >= 4 is 11.6 Å². The third-order valence-corrected chi connectivity index (χ3v) is 3.70. The molecule has 1 unspecified atom stereocenters. The Bertz CT molecular complexity index is 554. The largest absolute Gasteiger partial charge is 0.495 e. The highest BCUT2D eigenvalue weighted by Crippen LogP contribution is 2.36. The van der Waals surface area contributed by atoms with E-state index in [4.69, 9.17) is 16.3 Å². The summed E-state index contributed by atoms with van der Waals surface area (Å²) in [6.07, 6.45) is 0.571. The summed E-state index contributed by atoms with van der Waals surface area (Å²) in [6.45, 7) is 1.95. The van der Waals surface area contributed by atoms with Crippen molar-refractivity contribution in [1.29, 1.82) is 0 Å². The zero-order valence-electron chi connectivity index (χ0n) is 11.1. The predicted molar refractivity (Wildman–Crippen MR) is 77.7 cm³/mol. The standard InChI is InChI=1S/C16H17ClO2/c1-3-16(18,12-7-5-4-6-8-12)13-9-10-14(17)15(11-13)19-2/h4-11,18H,3H2,1-2H3. The number of ether oxygens (including phenoxy) is 1. The molecule has 0 bridgehead atoms. The Morgan fingerprint density at radius 3 is 2.37 bits per heavy atom. The Balaban J connectivity index is 2.53. The lowest BCUT2D eigenvalue weighted by molar-refractivity contribution is 0.0763. The first-order chi connectivity index (χ1) is 9.11. The summed E-state index contributed by atoms with van der Waals surface area (Å²) in [5, 5.41) is 11.5. The van der Waals surface area contributed by atoms with Crippen molar-refractivity contribution in [3.05, 3.63) is 64.7 Å². The molecule has 0 saturated heterocycles. The summed E-state index contributed by atoms with van der Waals surface area (Å²) in [5.74, 6) is 0.571. The summed E-state index contributed by atoms with van der Waals surface area (Å²) < 4.78 is 5.22. The van der Waals surface area contributed by atoms with E-state index in [2.05, 4.69) is 0 Å². The van der Waals surface area contributed by atoms with Gasteiger partial charge in [-0.05, 0) is 29.7 Å². The Hall–Kier alpha value is -1.51. The lowest BCUT2D eigenvalue weighted by Crippen LogP contribution is -2.26. The van der Waals surface area contributed by atoms with Gasteiger partial charge in [0, 0.05) is 0 Å². The fourth-order valence-corrected chi connectivity index (χ4v) is 2.40. The second-order valence-electron chi connectivity index (χ2n) is 4.43. The predicted octanol–water partition coefficient (Wildman–Crippen LogP) is 3.99. The normalized spacial score (nSPS) is 13.9. The number of hydrogen-bond donors (Lipinski definition) is 1. The first kappa shape index (κ1) is 13.9. The van der Waals surface area contributed by atoms with Crippen molar-refractivity contribution in [2.45, 2.75) is 18.9 Å². The van der Waals surface area contributed by atoms with Crippen LogP contribution in [0.3, 0.4) is 0 Å². The van der Waals surface area contributed by atoms with E-state index >= 15 is 0 Å². The summed E-state index contributed by atoms with van der Waals surface area (Å²) in [6, 6.07) is 15.0. The van der Waals surface area contributed by atoms with Crippen molar-refractivity contribution in [2.75, 3.05) is 7.11 Å². The quantitative estimate of drug-likeness (QED) is 0.915. The highest BCUT2D eigenvalue weighted by atomic mass is 35.5. The molecule has 0 aliphatic rings. The average molecular weight is 277 g/mol. The summed E-state index contributed by atoms with van der Waals surface area (Å²) >= 11 is 6.03. The lowest BCUT2D eigenvalue weighted by Gasteiger charge is -2.28. The van der Waals surface area contributed by atoms with Crippen LogP contribution in [0.1, 0.15) is 24.5 Å². The Labute approximate surface area is 118 Å². The van der Waals surface area contributed by atoms with Crippen LogP contribution in [-0.2, 0) is 5.60 Å². The van der Waals surface area contributed by atoms with Gasteiger partial charge in [0.15, 0.2) is 0 Å². The van der Waals surface area contributed by atoms with Crippen LogP contribution in [0.15, 0.2) is 48.5 Å². The molecule has 1 atom stereocenters. The Morgan fingerprint density at radius 2 is 1.79 bits per heavy atom. The number of aliphatic hydroxyl groups is 1. The van der Waals surface area contributed by atoms with Crippen molar-refractivity contribution in [1.82, 2.24) is 0 Å². The molecular formula is C16H17ClO2. The van der Waals surface area contributed by atoms with Gasteiger partial charge < -0.3 is 9.84 Å². The van der Waals surface area contributed by atoms with E-state index in [1.54, 1.807) is 19.2 Å². The van der Waals surface area contributed by atoms with Gasteiger partial charge in [0.2, 0.25) is 0 Å². The van der Waals surface area contributed by atoms with Gasteiger partial charge in [-0.2, -0.15) is 0 Å². The van der Waals surface area contributed by atoms with Crippen LogP contribution < -0.4 is 4.74 Å². The van der Waals surface area contributed by atoms with E-state index in [9.17, 15) is 5.11 Å². The van der Waals surface area contributed by atoms with E-state index in [-0.39, 0.29) is 0 Å². The van der Waals surface area contributed by atoms with Crippen LogP contribution in [0.25, 0.3) is 0 Å². The van der Waals surface area contributed by atoms with Crippen LogP contribution in [-0.4, -0.2) is 12.2 Å². The average Bonchev–Trinajstić information content (AvgIpc) is 2.47. The first-order valence-electron chi connectivity index (χ1n) is 6.23. The number of benzene rings is 2. The minimum atomic E-state index is -1.03. The highest BCUT2D eigenvalue weighted by Gasteiger charge is 2.29. The fraction of sp³-hybridized carbons (Fsp3) is 0.250. The minimum Gasteiger partial charge on any atom is -0.495 e. The van der Waals surface area contributed by atoms with Crippen LogP contribution in [0.5, 0.6) is 5.75 Å². The molecule has 1 N–H and O–H groups in total. The van der Waals surface area contributed by atoms with Crippen molar-refractivity contribution in [3.63, 3.8) is 0 Å². The molecule has 2 rings (SSSR count). The second kappa shape index (κ2) is 5.64. The van der Waals surface area contributed by atoms with Crippen LogP contribution >= 0.6 is 11.6 Å². The van der Waals surface area contributed by atoms with Gasteiger partial charge in [-0.1, -0.05) is 54.9 Å². The molecule has 19 heavy (non-hydrogen) atoms. The molecule has 100 valence electrons. The van der Waals surface area contributed by atoms with Crippen LogP contribution in [0, 0.1) is 0 Å². The molecule has 0 saturated carbocycles. The SMILES string of the molecule is CCC(O)(c1ccccc1)c1ccc(Cl)c(OC)c1. The Kier molecular flexibility index (Phi) is 4.13. The molecule has 0 amide bonds. The third kappa shape index (κ3) is 2.60. The monoisotopic (exact) mass is 276 g/mol. The van der Waals surface area contributed by atoms with Gasteiger partial charge in [0.1, 0.15) is 11.4 Å². The maximum Gasteiger partial charge on any atom is 0.137 e. The van der Waals surface area contributed by atoms with E-state index in [0.717, 1.165) is 11.1 Å². The maximum absolute atomic E-state index is 11.0. The molecule has 2 aromatic carbocycles. The van der Waals surface area contributed by atoms with Crippen LogP contribution in [0.2, 0.25) is 5.02 Å². The molecule has 0 fully saturated rings. The van der Waals surface area contributed by atoms with Gasteiger partial charge in [0.05, 0.1) is 12.1 Å². The number of halogens is 1. The smallest absolute Gasteiger partial charge is 0.137 e.